The molecule has 5 saturated heterocycles. The van der Waals surface area contributed by atoms with Crippen LogP contribution in [0, 0.1) is 39.4 Å². The lowest BCUT2D eigenvalue weighted by Gasteiger charge is -2.63. The van der Waals surface area contributed by atoms with Gasteiger partial charge >= 0.3 is 5.97 Å². The van der Waals surface area contributed by atoms with Crippen molar-refractivity contribution in [3.05, 3.63) is 23.8 Å². The van der Waals surface area contributed by atoms with E-state index in [9.17, 15) is 76.4 Å². The van der Waals surface area contributed by atoms with Crippen molar-refractivity contribution in [1.82, 2.24) is 0 Å². The van der Waals surface area contributed by atoms with E-state index in [4.69, 9.17) is 47.4 Å². The lowest BCUT2D eigenvalue weighted by molar-refractivity contribution is -0.389. The number of Topliss-reactive ketones (excluding diaryl/α,β-unsaturated/α-hetero) is 1. The average molecular weight is 1240 g/mol. The Morgan fingerprint density at radius 1 is 0.750 bits per heavy atom. The lowest BCUT2D eigenvalue weighted by Crippen LogP contribution is -2.67. The zero-order chi connectivity index (χ0) is 61.8. The number of methoxy groups -OCH3 is 1. The van der Waals surface area contributed by atoms with Crippen LogP contribution in [0.15, 0.2) is 23.8 Å². The highest BCUT2D eigenvalue weighted by molar-refractivity contribution is 7.81. The molecule has 0 bridgehead atoms. The zero-order valence-electron chi connectivity index (χ0n) is 48.1. The molecule has 4 aliphatic carbocycles. The van der Waals surface area contributed by atoms with Crippen LogP contribution in [0.25, 0.3) is 0 Å². The third kappa shape index (κ3) is 11.8. The van der Waals surface area contributed by atoms with Crippen LogP contribution in [-0.2, 0) is 86.1 Å². The second-order valence-corrected chi connectivity index (χ2v) is 27.8. The third-order valence-electron chi connectivity index (χ3n) is 20.3. The molecule has 0 aromatic rings. The fourth-order valence-corrected chi connectivity index (χ4v) is 17.0. The Balaban J connectivity index is 0.915. The molecule has 0 radical (unpaired) electrons. The van der Waals surface area contributed by atoms with Crippen LogP contribution >= 0.6 is 0 Å². The van der Waals surface area contributed by atoms with Gasteiger partial charge in [0, 0.05) is 13.5 Å². The van der Waals surface area contributed by atoms with E-state index < -0.39 is 197 Å². The highest BCUT2D eigenvalue weighted by atomic mass is 32.3. The molecule has 8 N–H and O–H groups in total. The normalized spacial score (nSPS) is 48.5. The number of hydrogen-bond donors (Lipinski definition) is 8. The fraction of sp³-hybridized carbons (Fsp3) is 0.889. The predicted octanol–water partition coefficient (Wildman–Crippen LogP) is -1.24. The van der Waals surface area contributed by atoms with Gasteiger partial charge in [0.1, 0.15) is 96.8 Å². The summed E-state index contributed by atoms with van der Waals surface area (Å²) in [4.78, 5) is 28.7. The van der Waals surface area contributed by atoms with Crippen molar-refractivity contribution in [2.24, 2.45) is 39.4 Å². The van der Waals surface area contributed by atoms with E-state index in [1.165, 1.54) is 12.5 Å². The Kier molecular flexibility index (Phi) is 19.0. The van der Waals surface area contributed by atoms with E-state index in [0.717, 1.165) is 25.5 Å². The topological polar surface area (TPSA) is 421 Å². The molecule has 0 aromatic carbocycles. The summed E-state index contributed by atoms with van der Waals surface area (Å²) in [7, 11) is -9.78. The van der Waals surface area contributed by atoms with E-state index in [2.05, 4.69) is 34.9 Å². The van der Waals surface area contributed by atoms with E-state index in [0.29, 0.717) is 38.5 Å². The Morgan fingerprint density at radius 2 is 1.37 bits per heavy atom. The van der Waals surface area contributed by atoms with Crippen LogP contribution in [0.4, 0.5) is 0 Å². The summed E-state index contributed by atoms with van der Waals surface area (Å²) >= 11 is 0. The lowest BCUT2D eigenvalue weighted by atomic mass is 9.41. The van der Waals surface area contributed by atoms with Crippen molar-refractivity contribution in [3.63, 3.8) is 0 Å². The fourth-order valence-electron chi connectivity index (χ4n) is 16.2. The maximum atomic E-state index is 14.4. The number of carbonyl (C=O) groups excluding carboxylic acids is 2. The first-order valence-corrected chi connectivity index (χ1v) is 31.2. The van der Waals surface area contributed by atoms with E-state index >= 15 is 0 Å². The Morgan fingerprint density at radius 3 is 2.00 bits per heavy atom. The molecule has 0 aromatic heterocycles. The zero-order valence-corrected chi connectivity index (χ0v) is 49.7. The number of rotatable bonds is 19. The molecule has 27 atom stereocenters. The molecule has 0 unspecified atom stereocenters. The van der Waals surface area contributed by atoms with Gasteiger partial charge in [-0.05, 0) is 100 Å². The van der Waals surface area contributed by atoms with Gasteiger partial charge in [0.25, 0.3) is 0 Å². The molecular formula is C54H82O28S2-2. The van der Waals surface area contributed by atoms with Crippen molar-refractivity contribution >= 4 is 32.6 Å². The Bertz CT molecular complexity index is 2690. The number of aliphatic hydroxyl groups excluding tert-OH is 8. The van der Waals surface area contributed by atoms with Crippen molar-refractivity contribution in [2.45, 2.75) is 235 Å². The van der Waals surface area contributed by atoms with Crippen molar-refractivity contribution in [2.75, 3.05) is 26.9 Å². The molecule has 5 heterocycles. The maximum Gasteiger partial charge on any atom is 0.314 e. The minimum absolute atomic E-state index is 0.0457. The predicted molar refractivity (Wildman–Crippen MR) is 278 cm³/mol. The standard InChI is InChI=1S/C54H84O28S2/c1-23(2)11-10-16-53(8)44-27(56)19-52(7)26-12-13-31-50(4,5)32(15-17-51(31,6)25(26)14-18-54(44,52)49(64)81-53)77-48-43(35(59)30(21-72-48)82-84(68,69)70)80-45-37(61)36(60)40(24(3)74-45)78-47-39(63)42(34(58)29(76-47)22-73-83(65,66)67)79-46-38(62)41(71-9)33(57)28(20-55)75-46/h14,24,26,28-48,55,57-63H,1,10-13,15-22H2,2-9H3,(H,65,66,67)(H,68,69,70)/p-2/t24-,26-,28-,29-,30-,31+,32+,33-,34-,35+,36-,37-,38-,39-,40-,41+,42+,43-,44-,45+,46+,47+,48+,51-,52+,53+,54-/m1/s1. The maximum absolute atomic E-state index is 14.4. The summed E-state index contributed by atoms with van der Waals surface area (Å²) < 4.78 is 138. The van der Waals surface area contributed by atoms with Gasteiger partial charge in [-0.3, -0.25) is 18.0 Å². The van der Waals surface area contributed by atoms with Gasteiger partial charge in [0.15, 0.2) is 25.2 Å². The molecule has 480 valence electrons. The molecule has 0 amide bonds. The third-order valence-corrected chi connectivity index (χ3v) is 21.2. The van der Waals surface area contributed by atoms with Gasteiger partial charge in [-0.1, -0.05) is 44.9 Å². The van der Waals surface area contributed by atoms with Crippen LogP contribution in [0.2, 0.25) is 0 Å². The van der Waals surface area contributed by atoms with E-state index in [-0.39, 0.29) is 30.0 Å². The van der Waals surface area contributed by atoms with Gasteiger partial charge in [0.05, 0.1) is 43.4 Å². The molecular weight excluding hydrogens is 1160 g/mol. The highest BCUT2D eigenvalue weighted by Crippen LogP contribution is 2.75. The van der Waals surface area contributed by atoms with E-state index in [1.807, 2.05) is 27.7 Å². The molecule has 1 spiro atoms. The summed E-state index contributed by atoms with van der Waals surface area (Å²) in [5.41, 5.74) is -1.58. The summed E-state index contributed by atoms with van der Waals surface area (Å²) in [5, 5.41) is 89.4. The Hall–Kier alpha value is -2.32. The minimum Gasteiger partial charge on any atom is -0.726 e. The number of fused-ring (bicyclic) bond motifs is 4. The monoisotopic (exact) mass is 1240 g/mol. The molecule has 9 rings (SSSR count). The number of aliphatic hydroxyl groups is 8. The van der Waals surface area contributed by atoms with Crippen molar-refractivity contribution in [3.8, 4) is 0 Å². The van der Waals surface area contributed by atoms with Gasteiger partial charge in [-0.2, -0.15) is 0 Å². The number of ketones is 1. The van der Waals surface area contributed by atoms with Gasteiger partial charge in [-0.25, -0.2) is 16.8 Å². The number of ether oxygens (including phenoxy) is 10. The summed E-state index contributed by atoms with van der Waals surface area (Å²) in [6.45, 7) is 14.8. The first-order chi connectivity index (χ1) is 39.1. The highest BCUT2D eigenvalue weighted by Gasteiger charge is 2.79. The van der Waals surface area contributed by atoms with Crippen LogP contribution < -0.4 is 0 Å². The van der Waals surface area contributed by atoms with Gasteiger partial charge in [-0.15, -0.1) is 6.58 Å². The van der Waals surface area contributed by atoms with Crippen LogP contribution in [0.3, 0.4) is 0 Å². The number of carbonyl (C=O) groups is 2. The minimum atomic E-state index is -5.47. The molecule has 9 aliphatic rings. The molecule has 5 aliphatic heterocycles. The van der Waals surface area contributed by atoms with Crippen LogP contribution in [-0.4, -0.2) is 234 Å². The average Bonchev–Trinajstić information content (AvgIpc) is 1.61. The molecule has 8 fully saturated rings. The first kappa shape index (κ1) is 66.1. The van der Waals surface area contributed by atoms with Crippen LogP contribution in [0.5, 0.6) is 0 Å². The van der Waals surface area contributed by atoms with Crippen LogP contribution in [0.1, 0.15) is 106 Å². The smallest absolute Gasteiger partial charge is 0.314 e. The molecule has 30 heteroatoms. The van der Waals surface area contributed by atoms with E-state index in [1.54, 1.807) is 0 Å². The molecule has 3 saturated carbocycles. The number of cyclic esters (lactones) is 1. The van der Waals surface area contributed by atoms with Crippen molar-refractivity contribution < 1.29 is 132 Å². The molecule has 84 heavy (non-hydrogen) atoms. The number of allylic oxidation sites excluding steroid dienone is 3. The number of esters is 1. The summed E-state index contributed by atoms with van der Waals surface area (Å²) in [6.07, 6.45) is -28.5. The second kappa shape index (κ2) is 24.1. The Labute approximate surface area is 487 Å². The molecule has 28 nitrogen and oxygen atoms in total. The quantitative estimate of drug-likeness (QED) is 0.0246. The van der Waals surface area contributed by atoms with Gasteiger partial charge < -0.3 is 97.3 Å². The second-order valence-electron chi connectivity index (χ2n) is 25.8. The number of hydrogen-bond acceptors (Lipinski definition) is 28. The first-order valence-electron chi connectivity index (χ1n) is 28.5. The SMILES string of the molecule is C=C(C)CCC[C@]1(C)OC(=O)[C@]23CC=C4[C@@H](CC[C@H]5C(C)(C)[C@@H](O[C@@H]6OC[C@@H](OS(=O)(=O)[O-])[C@H](O)[C@H]6O[C@@H]6O[C@H](C)[C@@H](O[C@@H]7O[C@H](COS(=O)(=O)[O-])[C@@H](O)[C@H](O[C@@H]8O[C@H](CO)[C@@H](O)[C@H](OC)[C@H]8O)[C@H]7O)[C@H](O)[C@H]6O)CC[C@]45C)[C@]2(C)CC(=O)[C@@H]31. The summed E-state index contributed by atoms with van der Waals surface area (Å²) in [5.74, 6) is -1.02. The summed E-state index contributed by atoms with van der Waals surface area (Å²) in [6, 6.07) is 0. The largest absolute Gasteiger partial charge is 0.726 e. The van der Waals surface area contributed by atoms with Gasteiger partial charge in [0.2, 0.25) is 20.8 Å². The van der Waals surface area contributed by atoms with Crippen molar-refractivity contribution in [1.29, 1.82) is 0 Å².